The molecule has 0 amide bonds. The summed E-state index contributed by atoms with van der Waals surface area (Å²) in [7, 11) is -2.62. The van der Waals surface area contributed by atoms with Crippen LogP contribution in [0.4, 0.5) is 30.7 Å². The summed E-state index contributed by atoms with van der Waals surface area (Å²) in [6.07, 6.45) is -7.96. The monoisotopic (exact) mass is 464 g/mol. The molecule has 0 fully saturated rings. The summed E-state index contributed by atoms with van der Waals surface area (Å²) in [5, 5.41) is 10.9. The second-order valence-corrected chi connectivity index (χ2v) is 9.28. The van der Waals surface area contributed by atoms with Crippen LogP contribution in [-0.4, -0.2) is 44.2 Å². The average Bonchev–Trinajstić information content (AvgIpc) is 2.58. The van der Waals surface area contributed by atoms with Crippen LogP contribution in [-0.2, 0) is 11.0 Å². The molecule has 30 heavy (non-hydrogen) atoms. The molecule has 0 saturated carbocycles. The van der Waals surface area contributed by atoms with Crippen molar-refractivity contribution in [2.24, 2.45) is 4.40 Å². The molecule has 0 aliphatic rings. The van der Waals surface area contributed by atoms with Gasteiger partial charge in [-0.25, -0.2) is 4.21 Å². The van der Waals surface area contributed by atoms with Gasteiger partial charge in [0, 0.05) is 11.3 Å². The van der Waals surface area contributed by atoms with E-state index in [2.05, 4.69) is 4.40 Å². The van der Waals surface area contributed by atoms with Gasteiger partial charge >= 0.3 is 18.0 Å². The molecule has 0 aliphatic carbocycles. The molecule has 1 aromatic carbocycles. The lowest BCUT2D eigenvalue weighted by Crippen LogP contribution is -2.56. The Morgan fingerprint density at radius 1 is 1.07 bits per heavy atom. The summed E-state index contributed by atoms with van der Waals surface area (Å²) in [6, 6.07) is 6.80. The van der Waals surface area contributed by atoms with Crippen molar-refractivity contribution in [3.63, 3.8) is 0 Å². The van der Waals surface area contributed by atoms with Gasteiger partial charge in [0.15, 0.2) is 0 Å². The first kappa shape index (κ1) is 26.0. The molecule has 0 aromatic heterocycles. The summed E-state index contributed by atoms with van der Waals surface area (Å²) >= 11 is 0. The molecule has 0 radical (unpaired) electrons. The SMILES string of the molecule is CC(C)(C)S(=O)/N=C(/CC(C[N+](=O)[O-])c1ccccc1)C(F)(F)C(F)(F)C(F)(F)F. The van der Waals surface area contributed by atoms with Gasteiger partial charge in [0.2, 0.25) is 6.54 Å². The maximum absolute atomic E-state index is 14.4. The second-order valence-electron chi connectivity index (χ2n) is 7.37. The summed E-state index contributed by atoms with van der Waals surface area (Å²) in [5.41, 5.74) is -1.97. The van der Waals surface area contributed by atoms with E-state index < -0.39 is 63.3 Å². The Bertz CT molecular complexity index is 806. The fourth-order valence-corrected chi connectivity index (χ4v) is 2.91. The number of nitrogens with zero attached hydrogens (tertiary/aromatic N) is 2. The molecular formula is C17H19F7N2O3S. The number of halogens is 7. The van der Waals surface area contributed by atoms with Gasteiger partial charge in [-0.1, -0.05) is 30.3 Å². The zero-order valence-corrected chi connectivity index (χ0v) is 16.9. The summed E-state index contributed by atoms with van der Waals surface area (Å²) < 4.78 is 108. The van der Waals surface area contributed by atoms with Crippen LogP contribution in [0.5, 0.6) is 0 Å². The molecule has 0 aliphatic heterocycles. The zero-order valence-electron chi connectivity index (χ0n) is 16.1. The predicted octanol–water partition coefficient (Wildman–Crippen LogP) is 5.17. The van der Waals surface area contributed by atoms with Crippen molar-refractivity contribution in [2.75, 3.05) is 6.54 Å². The first-order valence-electron chi connectivity index (χ1n) is 8.40. The third-order valence-corrected chi connectivity index (χ3v) is 5.34. The number of nitro groups is 1. The van der Waals surface area contributed by atoms with Crippen molar-refractivity contribution in [1.29, 1.82) is 0 Å². The van der Waals surface area contributed by atoms with Crippen molar-refractivity contribution in [3.05, 3.63) is 46.0 Å². The van der Waals surface area contributed by atoms with Gasteiger partial charge in [-0.15, -0.1) is 0 Å². The standard InChI is InChI=1S/C17H19F7N2O3S/c1-14(2,3)30(29)25-13(15(18,19)16(20,21)17(22,23)24)9-12(10-26(27)28)11-7-5-4-6-8-11/h4-8,12H,9-10H2,1-3H3/b25-13-. The quantitative estimate of drug-likeness (QED) is 0.231. The van der Waals surface area contributed by atoms with Gasteiger partial charge in [-0.05, 0) is 26.3 Å². The van der Waals surface area contributed by atoms with Crippen LogP contribution < -0.4 is 0 Å². The van der Waals surface area contributed by atoms with Crippen LogP contribution in [0.25, 0.3) is 0 Å². The van der Waals surface area contributed by atoms with E-state index in [0.717, 1.165) is 0 Å². The van der Waals surface area contributed by atoms with E-state index in [4.69, 9.17) is 0 Å². The molecule has 5 nitrogen and oxygen atoms in total. The minimum atomic E-state index is -6.63. The largest absolute Gasteiger partial charge is 0.460 e. The molecule has 1 aromatic rings. The highest BCUT2D eigenvalue weighted by Crippen LogP contribution is 2.48. The van der Waals surface area contributed by atoms with Crippen LogP contribution >= 0.6 is 0 Å². The zero-order chi connectivity index (χ0) is 23.5. The van der Waals surface area contributed by atoms with Crippen LogP contribution in [0.1, 0.15) is 38.7 Å². The number of benzene rings is 1. The van der Waals surface area contributed by atoms with E-state index in [1.165, 1.54) is 51.1 Å². The average molecular weight is 464 g/mol. The highest BCUT2D eigenvalue weighted by atomic mass is 32.2. The van der Waals surface area contributed by atoms with E-state index in [1.807, 2.05) is 0 Å². The maximum Gasteiger partial charge on any atom is 0.460 e. The van der Waals surface area contributed by atoms with Crippen molar-refractivity contribution in [1.82, 2.24) is 0 Å². The number of hydrogen-bond donors (Lipinski definition) is 0. The Morgan fingerprint density at radius 2 is 1.57 bits per heavy atom. The van der Waals surface area contributed by atoms with E-state index in [9.17, 15) is 45.1 Å². The summed E-state index contributed by atoms with van der Waals surface area (Å²) in [6.45, 7) is 2.70. The van der Waals surface area contributed by atoms with E-state index in [1.54, 1.807) is 0 Å². The molecular weight excluding hydrogens is 445 g/mol. The molecule has 0 spiro atoms. The van der Waals surface area contributed by atoms with E-state index in [0.29, 0.717) is 0 Å². The van der Waals surface area contributed by atoms with Gasteiger partial charge in [-0.3, -0.25) is 10.1 Å². The Morgan fingerprint density at radius 3 is 1.97 bits per heavy atom. The highest BCUT2D eigenvalue weighted by Gasteiger charge is 2.75. The first-order chi connectivity index (χ1) is 13.4. The van der Waals surface area contributed by atoms with Crippen molar-refractivity contribution in [2.45, 2.75) is 55.9 Å². The van der Waals surface area contributed by atoms with E-state index >= 15 is 0 Å². The Hall–Kier alpha value is -2.05. The molecule has 13 heteroatoms. The van der Waals surface area contributed by atoms with Gasteiger partial charge < -0.3 is 0 Å². The van der Waals surface area contributed by atoms with E-state index in [-0.39, 0.29) is 5.56 Å². The fraction of sp³-hybridized carbons (Fsp3) is 0.588. The van der Waals surface area contributed by atoms with Gasteiger partial charge in [-0.2, -0.15) is 35.1 Å². The van der Waals surface area contributed by atoms with Gasteiger partial charge in [0.05, 0.1) is 10.7 Å². The fourth-order valence-electron chi connectivity index (χ4n) is 2.25. The predicted molar refractivity (Wildman–Crippen MR) is 96.9 cm³/mol. The Kier molecular flexibility index (Phi) is 7.78. The first-order valence-corrected chi connectivity index (χ1v) is 9.51. The van der Waals surface area contributed by atoms with Crippen molar-refractivity contribution in [3.8, 4) is 0 Å². The van der Waals surface area contributed by atoms with Crippen molar-refractivity contribution >= 4 is 16.7 Å². The smallest absolute Gasteiger partial charge is 0.265 e. The number of rotatable bonds is 8. The lowest BCUT2D eigenvalue weighted by Gasteiger charge is -2.30. The van der Waals surface area contributed by atoms with Gasteiger partial charge in [0.25, 0.3) is 0 Å². The maximum atomic E-state index is 14.4. The third kappa shape index (κ3) is 5.99. The Labute approximate surface area is 170 Å². The van der Waals surface area contributed by atoms with Crippen molar-refractivity contribution < 1.29 is 39.9 Å². The summed E-state index contributed by atoms with van der Waals surface area (Å²) in [5.74, 6) is -13.9. The third-order valence-electron chi connectivity index (χ3n) is 3.91. The van der Waals surface area contributed by atoms with Crippen LogP contribution in [0, 0.1) is 10.1 Å². The molecule has 170 valence electrons. The molecule has 0 N–H and O–H groups in total. The molecule has 1 rings (SSSR count). The minimum absolute atomic E-state index is 0.0505. The molecule has 0 heterocycles. The molecule has 0 saturated heterocycles. The lowest BCUT2D eigenvalue weighted by molar-refractivity contribution is -0.483. The summed E-state index contributed by atoms with van der Waals surface area (Å²) in [4.78, 5) is 10.0. The molecule has 2 atom stereocenters. The van der Waals surface area contributed by atoms with Crippen LogP contribution in [0.2, 0.25) is 0 Å². The normalized spacial score (nSPS) is 16.3. The number of hydrogen-bond acceptors (Lipinski definition) is 3. The van der Waals surface area contributed by atoms with Gasteiger partial charge in [0.1, 0.15) is 16.7 Å². The topological polar surface area (TPSA) is 72.6 Å². The van der Waals surface area contributed by atoms with Crippen LogP contribution in [0.15, 0.2) is 34.7 Å². The second kappa shape index (κ2) is 8.98. The molecule has 2 unspecified atom stereocenters. The lowest BCUT2D eigenvalue weighted by atomic mass is 9.90. The molecule has 0 bridgehead atoms. The number of alkyl halides is 7. The minimum Gasteiger partial charge on any atom is -0.265 e. The van der Waals surface area contributed by atoms with Crippen LogP contribution in [0.3, 0.4) is 0 Å². The Balaban J connectivity index is 3.59. The highest BCUT2D eigenvalue weighted by molar-refractivity contribution is 7.85.